The van der Waals surface area contributed by atoms with E-state index in [1.165, 1.54) is 11.3 Å². The summed E-state index contributed by atoms with van der Waals surface area (Å²) >= 11 is 0. The highest BCUT2D eigenvalue weighted by Gasteiger charge is 2.25. The van der Waals surface area contributed by atoms with Crippen molar-refractivity contribution >= 4 is 11.8 Å². The van der Waals surface area contributed by atoms with Crippen LogP contribution in [0.1, 0.15) is 26.3 Å². The molecule has 0 radical (unpaired) electrons. The first-order chi connectivity index (χ1) is 9.89. The van der Waals surface area contributed by atoms with Gasteiger partial charge in [-0.25, -0.2) is 4.79 Å². The predicted octanol–water partition coefficient (Wildman–Crippen LogP) is 1.49. The standard InChI is InChI=1S/C16H25N3O2/c1-16(2,3)21-15(20)19-10-8-18(9-11-19)14-6-4-13(12-17)5-7-14/h4-7H,8-12,17H2,1-3H3/p+1. The second-order valence-corrected chi connectivity index (χ2v) is 6.37. The topological polar surface area (TPSA) is 60.4 Å². The maximum absolute atomic E-state index is 12.0. The van der Waals surface area contributed by atoms with Gasteiger partial charge in [0.1, 0.15) is 5.60 Å². The molecule has 0 atom stereocenters. The highest BCUT2D eigenvalue weighted by molar-refractivity contribution is 5.68. The number of benzene rings is 1. The van der Waals surface area contributed by atoms with Crippen LogP contribution in [0.25, 0.3) is 0 Å². The molecule has 0 aromatic heterocycles. The number of quaternary nitrogens is 1. The lowest BCUT2D eigenvalue weighted by molar-refractivity contribution is -0.386. The first-order valence-electron chi connectivity index (χ1n) is 7.50. The summed E-state index contributed by atoms with van der Waals surface area (Å²) in [7, 11) is 0. The van der Waals surface area contributed by atoms with Crippen molar-refractivity contribution in [2.45, 2.75) is 32.9 Å². The van der Waals surface area contributed by atoms with Crippen LogP contribution in [0.4, 0.5) is 10.5 Å². The minimum absolute atomic E-state index is 0.213. The summed E-state index contributed by atoms with van der Waals surface area (Å²) in [5.41, 5.74) is 5.90. The number of carbonyl (C=O) groups is 1. The average Bonchev–Trinajstić information content (AvgIpc) is 2.46. The lowest BCUT2D eigenvalue weighted by Crippen LogP contribution is -2.50. The number of ether oxygens (including phenoxy) is 1. The summed E-state index contributed by atoms with van der Waals surface area (Å²) in [6, 6.07) is 8.48. The van der Waals surface area contributed by atoms with E-state index in [2.05, 4.69) is 34.9 Å². The van der Waals surface area contributed by atoms with E-state index in [1.807, 2.05) is 20.8 Å². The van der Waals surface area contributed by atoms with E-state index in [1.54, 1.807) is 4.90 Å². The Bertz CT molecular complexity index is 471. The first-order valence-corrected chi connectivity index (χ1v) is 7.50. The van der Waals surface area contributed by atoms with Gasteiger partial charge in [0.2, 0.25) is 0 Å². The largest absolute Gasteiger partial charge is 0.444 e. The number of rotatable bonds is 2. The molecule has 1 aromatic rings. The highest BCUT2D eigenvalue weighted by Crippen LogP contribution is 2.18. The second-order valence-electron chi connectivity index (χ2n) is 6.37. The van der Waals surface area contributed by atoms with E-state index in [9.17, 15) is 4.79 Å². The molecular formula is C16H26N3O2+. The van der Waals surface area contributed by atoms with Crippen molar-refractivity contribution in [1.82, 2.24) is 4.90 Å². The Hall–Kier alpha value is -1.75. The van der Waals surface area contributed by atoms with Crippen LogP contribution in [0.5, 0.6) is 0 Å². The van der Waals surface area contributed by atoms with Crippen molar-refractivity contribution in [3.8, 4) is 0 Å². The van der Waals surface area contributed by atoms with Gasteiger partial charge < -0.3 is 20.3 Å². The molecule has 0 aliphatic carbocycles. The molecule has 1 aliphatic rings. The zero-order chi connectivity index (χ0) is 15.5. The fourth-order valence-corrected chi connectivity index (χ4v) is 2.35. The maximum Gasteiger partial charge on any atom is 0.410 e. The monoisotopic (exact) mass is 292 g/mol. The minimum atomic E-state index is -0.432. The molecule has 116 valence electrons. The summed E-state index contributed by atoms with van der Waals surface area (Å²) in [4.78, 5) is 16.1. The zero-order valence-corrected chi connectivity index (χ0v) is 13.3. The van der Waals surface area contributed by atoms with Crippen LogP contribution < -0.4 is 10.6 Å². The SMILES string of the molecule is CC(C)(C)OC(=O)N1CCN(c2ccc(C[NH3+])cc2)CC1. The third kappa shape index (κ3) is 4.36. The molecule has 1 aliphatic heterocycles. The lowest BCUT2D eigenvalue weighted by Gasteiger charge is -2.36. The van der Waals surface area contributed by atoms with Gasteiger partial charge in [-0.15, -0.1) is 0 Å². The van der Waals surface area contributed by atoms with Crippen LogP contribution in [0.2, 0.25) is 0 Å². The molecular weight excluding hydrogens is 266 g/mol. The van der Waals surface area contributed by atoms with Crippen LogP contribution in [0, 0.1) is 0 Å². The van der Waals surface area contributed by atoms with Crippen molar-refractivity contribution in [2.24, 2.45) is 0 Å². The van der Waals surface area contributed by atoms with Crippen molar-refractivity contribution in [2.75, 3.05) is 31.1 Å². The van der Waals surface area contributed by atoms with Gasteiger partial charge in [-0.3, -0.25) is 0 Å². The van der Waals surface area contributed by atoms with Crippen LogP contribution in [0.15, 0.2) is 24.3 Å². The van der Waals surface area contributed by atoms with Gasteiger partial charge in [0.15, 0.2) is 0 Å². The zero-order valence-electron chi connectivity index (χ0n) is 13.3. The van der Waals surface area contributed by atoms with E-state index >= 15 is 0 Å². The van der Waals surface area contributed by atoms with Crippen LogP contribution in [0.3, 0.4) is 0 Å². The van der Waals surface area contributed by atoms with E-state index in [0.717, 1.165) is 19.6 Å². The Kier molecular flexibility index (Phi) is 4.73. The number of hydrogen-bond donors (Lipinski definition) is 1. The number of carbonyl (C=O) groups excluding carboxylic acids is 1. The van der Waals surface area contributed by atoms with Crippen LogP contribution >= 0.6 is 0 Å². The molecule has 5 heteroatoms. The third-order valence-electron chi connectivity index (χ3n) is 3.52. The molecule has 5 nitrogen and oxygen atoms in total. The molecule has 0 saturated carbocycles. The van der Waals surface area contributed by atoms with Gasteiger partial charge in [0.25, 0.3) is 0 Å². The molecule has 1 heterocycles. The summed E-state index contributed by atoms with van der Waals surface area (Å²) in [6.07, 6.45) is -0.213. The molecule has 1 aromatic carbocycles. The summed E-state index contributed by atoms with van der Waals surface area (Å²) in [5.74, 6) is 0. The van der Waals surface area contributed by atoms with E-state index in [0.29, 0.717) is 13.1 Å². The molecule has 21 heavy (non-hydrogen) atoms. The van der Waals surface area contributed by atoms with Gasteiger partial charge >= 0.3 is 6.09 Å². The molecule has 1 amide bonds. The van der Waals surface area contributed by atoms with E-state index < -0.39 is 5.60 Å². The van der Waals surface area contributed by atoms with Crippen molar-refractivity contribution in [1.29, 1.82) is 0 Å². The molecule has 0 bridgehead atoms. The van der Waals surface area contributed by atoms with Gasteiger partial charge in [-0.1, -0.05) is 12.1 Å². The number of piperazine rings is 1. The number of hydrogen-bond acceptors (Lipinski definition) is 3. The second kappa shape index (κ2) is 6.35. The number of nitrogens with zero attached hydrogens (tertiary/aromatic N) is 2. The van der Waals surface area contributed by atoms with Gasteiger partial charge in [0.05, 0.1) is 6.54 Å². The average molecular weight is 292 g/mol. The molecule has 1 saturated heterocycles. The van der Waals surface area contributed by atoms with Crippen LogP contribution in [-0.4, -0.2) is 42.8 Å². The Labute approximate surface area is 126 Å². The Balaban J connectivity index is 1.89. The quantitative estimate of drug-likeness (QED) is 0.898. The smallest absolute Gasteiger partial charge is 0.410 e. The van der Waals surface area contributed by atoms with Crippen molar-refractivity contribution in [3.05, 3.63) is 29.8 Å². The molecule has 1 fully saturated rings. The van der Waals surface area contributed by atoms with Crippen molar-refractivity contribution < 1.29 is 15.3 Å². The van der Waals surface area contributed by atoms with Gasteiger partial charge in [0, 0.05) is 37.4 Å². The summed E-state index contributed by atoms with van der Waals surface area (Å²) < 4.78 is 5.41. The fraction of sp³-hybridized carbons (Fsp3) is 0.562. The van der Waals surface area contributed by atoms with Gasteiger partial charge in [-0.2, -0.15) is 0 Å². The number of anilines is 1. The first kappa shape index (κ1) is 15.6. The fourth-order valence-electron chi connectivity index (χ4n) is 2.35. The molecule has 3 N–H and O–H groups in total. The minimum Gasteiger partial charge on any atom is -0.444 e. The Morgan fingerprint density at radius 3 is 2.19 bits per heavy atom. The molecule has 0 unspecified atom stereocenters. The number of amides is 1. The molecule has 2 rings (SSSR count). The Morgan fingerprint density at radius 2 is 1.71 bits per heavy atom. The third-order valence-corrected chi connectivity index (χ3v) is 3.52. The van der Waals surface area contributed by atoms with Crippen molar-refractivity contribution in [3.63, 3.8) is 0 Å². The normalized spacial score (nSPS) is 16.0. The predicted molar refractivity (Wildman–Crippen MR) is 83.1 cm³/mol. The summed E-state index contributed by atoms with van der Waals surface area (Å²) in [6.45, 7) is 9.57. The van der Waals surface area contributed by atoms with E-state index in [4.69, 9.17) is 4.74 Å². The van der Waals surface area contributed by atoms with Crippen LogP contribution in [-0.2, 0) is 11.3 Å². The molecule has 0 spiro atoms. The van der Waals surface area contributed by atoms with Gasteiger partial charge in [-0.05, 0) is 32.9 Å². The lowest BCUT2D eigenvalue weighted by atomic mass is 10.2. The summed E-state index contributed by atoms with van der Waals surface area (Å²) in [5, 5.41) is 0. The maximum atomic E-state index is 12.0. The van der Waals surface area contributed by atoms with E-state index in [-0.39, 0.29) is 6.09 Å². The Morgan fingerprint density at radius 1 is 1.14 bits per heavy atom. The highest BCUT2D eigenvalue weighted by atomic mass is 16.6.